The number of imide groups is 1. The summed E-state index contributed by atoms with van der Waals surface area (Å²) in [6.07, 6.45) is -0.0754. The normalized spacial score (nSPS) is 9.96. The number of nitro benzene ring substituents is 1. The zero-order chi connectivity index (χ0) is 16.8. The minimum absolute atomic E-state index is 0.0754. The summed E-state index contributed by atoms with van der Waals surface area (Å²) >= 11 is 0. The molecule has 23 heavy (non-hydrogen) atoms. The highest BCUT2D eigenvalue weighted by molar-refractivity contribution is 6.01. The van der Waals surface area contributed by atoms with Gasteiger partial charge in [-0.2, -0.15) is 0 Å². The summed E-state index contributed by atoms with van der Waals surface area (Å²) in [6, 6.07) is 9.74. The zero-order valence-corrected chi connectivity index (χ0v) is 11.8. The number of nitrogens with one attached hydrogen (secondary N) is 2. The van der Waals surface area contributed by atoms with Gasteiger partial charge in [0.15, 0.2) is 0 Å². The fraction of sp³-hybridized carbons (Fsp3) is 0.0667. The Kier molecular flexibility index (Phi) is 4.98. The molecule has 118 valence electrons. The first-order valence-electron chi connectivity index (χ1n) is 6.54. The van der Waals surface area contributed by atoms with Gasteiger partial charge in [0.05, 0.1) is 11.3 Å². The molecule has 0 fully saturated rings. The number of amides is 3. The summed E-state index contributed by atoms with van der Waals surface area (Å²) in [6.45, 7) is 0. The lowest BCUT2D eigenvalue weighted by Crippen LogP contribution is -2.35. The number of benzene rings is 2. The number of nitrogens with zero attached hydrogens (tertiary/aromatic N) is 1. The highest BCUT2D eigenvalue weighted by atomic mass is 19.1. The Balaban J connectivity index is 1.87. The number of non-ortho nitro benzene ring substituents is 1. The minimum atomic E-state index is -0.758. The molecule has 0 aromatic heterocycles. The number of hydrogen-bond acceptors (Lipinski definition) is 4. The quantitative estimate of drug-likeness (QED) is 0.668. The predicted molar refractivity (Wildman–Crippen MR) is 80.4 cm³/mol. The van der Waals surface area contributed by atoms with Gasteiger partial charge in [-0.05, 0) is 29.8 Å². The third-order valence-electron chi connectivity index (χ3n) is 2.87. The van der Waals surface area contributed by atoms with Gasteiger partial charge in [-0.25, -0.2) is 9.18 Å². The topological polar surface area (TPSA) is 101 Å². The monoisotopic (exact) mass is 317 g/mol. The molecule has 7 nitrogen and oxygen atoms in total. The van der Waals surface area contributed by atoms with Crippen LogP contribution in [0.1, 0.15) is 5.56 Å². The lowest BCUT2D eigenvalue weighted by molar-refractivity contribution is -0.384. The Morgan fingerprint density at radius 1 is 1.04 bits per heavy atom. The minimum Gasteiger partial charge on any atom is -0.308 e. The average Bonchev–Trinajstić information content (AvgIpc) is 2.50. The standard InChI is InChI=1S/C15H12FN3O4/c16-11-3-1-10(2-4-11)9-14(20)18-15(21)17-12-5-7-13(8-6-12)19(22)23/h1-8H,9H2,(H2,17,18,20,21). The van der Waals surface area contributed by atoms with Crippen LogP contribution in [0.5, 0.6) is 0 Å². The maximum Gasteiger partial charge on any atom is 0.325 e. The van der Waals surface area contributed by atoms with E-state index in [-0.39, 0.29) is 12.1 Å². The first kappa shape index (κ1) is 16.1. The molecule has 8 heteroatoms. The van der Waals surface area contributed by atoms with E-state index in [1.807, 2.05) is 0 Å². The first-order chi connectivity index (χ1) is 10.9. The van der Waals surface area contributed by atoms with Crippen molar-refractivity contribution in [3.8, 4) is 0 Å². The second kappa shape index (κ2) is 7.12. The second-order valence-corrected chi connectivity index (χ2v) is 4.61. The third-order valence-corrected chi connectivity index (χ3v) is 2.87. The van der Waals surface area contributed by atoms with Crippen molar-refractivity contribution in [3.63, 3.8) is 0 Å². The number of halogens is 1. The molecule has 0 spiro atoms. The zero-order valence-electron chi connectivity index (χ0n) is 11.8. The Labute approximate surface area is 130 Å². The van der Waals surface area contributed by atoms with Crippen LogP contribution >= 0.6 is 0 Å². The Hall–Kier alpha value is -3.29. The third kappa shape index (κ3) is 4.88. The number of carbonyl (C=O) groups excluding carboxylic acids is 2. The number of urea groups is 1. The summed E-state index contributed by atoms with van der Waals surface area (Å²) in [4.78, 5) is 33.3. The van der Waals surface area contributed by atoms with E-state index in [4.69, 9.17) is 0 Å². The molecule has 0 saturated carbocycles. The summed E-state index contributed by atoms with van der Waals surface area (Å²) < 4.78 is 12.7. The van der Waals surface area contributed by atoms with Gasteiger partial charge in [0, 0.05) is 17.8 Å². The molecule has 0 aliphatic rings. The molecule has 2 N–H and O–H groups in total. The van der Waals surface area contributed by atoms with Crippen LogP contribution in [0, 0.1) is 15.9 Å². The number of hydrogen-bond donors (Lipinski definition) is 2. The summed E-state index contributed by atoms with van der Waals surface area (Å²) in [5, 5.41) is 15.0. The van der Waals surface area contributed by atoms with Crippen LogP contribution in [0.15, 0.2) is 48.5 Å². The van der Waals surface area contributed by atoms with E-state index in [0.717, 1.165) is 0 Å². The maximum atomic E-state index is 12.7. The van der Waals surface area contributed by atoms with Crippen LogP contribution in [-0.2, 0) is 11.2 Å². The molecule has 2 aromatic rings. The van der Waals surface area contributed by atoms with Crippen molar-refractivity contribution in [3.05, 3.63) is 70.0 Å². The van der Waals surface area contributed by atoms with Crippen LogP contribution in [0.25, 0.3) is 0 Å². The number of nitro groups is 1. The molecule has 0 saturated heterocycles. The smallest absolute Gasteiger partial charge is 0.308 e. The van der Waals surface area contributed by atoms with Gasteiger partial charge >= 0.3 is 6.03 Å². The maximum absolute atomic E-state index is 12.7. The van der Waals surface area contributed by atoms with Gasteiger partial charge in [-0.1, -0.05) is 12.1 Å². The van der Waals surface area contributed by atoms with E-state index in [0.29, 0.717) is 11.3 Å². The van der Waals surface area contributed by atoms with Crippen LogP contribution in [-0.4, -0.2) is 16.9 Å². The molecule has 0 bridgehead atoms. The molecule has 0 radical (unpaired) electrons. The van der Waals surface area contributed by atoms with Gasteiger partial charge in [0.25, 0.3) is 5.69 Å². The first-order valence-corrected chi connectivity index (χ1v) is 6.54. The molecule has 0 heterocycles. The molecule has 0 aliphatic carbocycles. The number of rotatable bonds is 4. The van der Waals surface area contributed by atoms with Gasteiger partial charge < -0.3 is 5.32 Å². The Morgan fingerprint density at radius 3 is 2.22 bits per heavy atom. The van der Waals surface area contributed by atoms with Crippen molar-refractivity contribution in [1.29, 1.82) is 0 Å². The van der Waals surface area contributed by atoms with Gasteiger partial charge in [-0.3, -0.25) is 20.2 Å². The second-order valence-electron chi connectivity index (χ2n) is 4.61. The summed E-state index contributed by atoms with van der Waals surface area (Å²) in [5.74, 6) is -0.971. The highest BCUT2D eigenvalue weighted by Gasteiger charge is 2.10. The van der Waals surface area contributed by atoms with Crippen LogP contribution in [0.3, 0.4) is 0 Å². The Bertz CT molecular complexity index is 729. The molecule has 3 amide bonds. The lowest BCUT2D eigenvalue weighted by atomic mass is 10.1. The van der Waals surface area contributed by atoms with Crippen LogP contribution < -0.4 is 10.6 Å². The van der Waals surface area contributed by atoms with E-state index in [9.17, 15) is 24.1 Å². The SMILES string of the molecule is O=C(Cc1ccc(F)cc1)NC(=O)Nc1ccc([N+](=O)[O-])cc1. The van der Waals surface area contributed by atoms with E-state index in [1.165, 1.54) is 48.5 Å². The summed E-state index contributed by atoms with van der Waals surface area (Å²) in [7, 11) is 0. The Morgan fingerprint density at radius 2 is 1.65 bits per heavy atom. The summed E-state index contributed by atoms with van der Waals surface area (Å²) in [5.41, 5.74) is 0.762. The molecule has 2 rings (SSSR count). The van der Waals surface area contributed by atoms with E-state index in [2.05, 4.69) is 10.6 Å². The van der Waals surface area contributed by atoms with Gasteiger partial charge in [0.2, 0.25) is 5.91 Å². The predicted octanol–water partition coefficient (Wildman–Crippen LogP) is 2.62. The van der Waals surface area contributed by atoms with Crippen LogP contribution in [0.4, 0.5) is 20.6 Å². The van der Waals surface area contributed by atoms with Crippen LogP contribution in [0.2, 0.25) is 0 Å². The van der Waals surface area contributed by atoms with Gasteiger partial charge in [-0.15, -0.1) is 0 Å². The van der Waals surface area contributed by atoms with Crippen molar-refractivity contribution in [2.24, 2.45) is 0 Å². The fourth-order valence-electron chi connectivity index (χ4n) is 1.79. The molecule has 0 unspecified atom stereocenters. The average molecular weight is 317 g/mol. The van der Waals surface area contributed by atoms with Gasteiger partial charge in [0.1, 0.15) is 5.82 Å². The fourth-order valence-corrected chi connectivity index (χ4v) is 1.79. The van der Waals surface area contributed by atoms with Crippen molar-refractivity contribution in [1.82, 2.24) is 5.32 Å². The molecule has 2 aromatic carbocycles. The van der Waals surface area contributed by atoms with Crippen molar-refractivity contribution in [2.45, 2.75) is 6.42 Å². The van der Waals surface area contributed by atoms with E-state index in [1.54, 1.807) is 0 Å². The molecule has 0 atom stereocenters. The largest absolute Gasteiger partial charge is 0.325 e. The highest BCUT2D eigenvalue weighted by Crippen LogP contribution is 2.15. The number of carbonyl (C=O) groups is 2. The van der Waals surface area contributed by atoms with Crippen molar-refractivity contribution >= 4 is 23.3 Å². The van der Waals surface area contributed by atoms with E-state index >= 15 is 0 Å². The molecule has 0 aliphatic heterocycles. The van der Waals surface area contributed by atoms with Crippen molar-refractivity contribution < 1.29 is 18.9 Å². The van der Waals surface area contributed by atoms with E-state index < -0.39 is 22.7 Å². The van der Waals surface area contributed by atoms with Crippen molar-refractivity contribution in [2.75, 3.05) is 5.32 Å². The molecular formula is C15H12FN3O4. The lowest BCUT2D eigenvalue weighted by Gasteiger charge is -2.06. The molecular weight excluding hydrogens is 305 g/mol. The number of anilines is 1.